The Morgan fingerprint density at radius 3 is 2.60 bits per heavy atom. The maximum atomic E-state index is 12.2. The number of rotatable bonds is 8. The first-order valence-corrected chi connectivity index (χ1v) is 8.57. The van der Waals surface area contributed by atoms with Crippen LogP contribution in [0.1, 0.15) is 38.7 Å². The molecule has 4 N–H and O–H groups in total. The van der Waals surface area contributed by atoms with Crippen molar-refractivity contribution in [2.75, 3.05) is 13.6 Å². The van der Waals surface area contributed by atoms with E-state index in [1.165, 1.54) is 0 Å². The van der Waals surface area contributed by atoms with Crippen LogP contribution in [0, 0.1) is 5.92 Å². The molecule has 2 aromatic rings. The number of hydrogen-bond acceptors (Lipinski definition) is 3. The fraction of sp³-hybridized carbons (Fsp3) is 0.556. The van der Waals surface area contributed by atoms with E-state index in [0.29, 0.717) is 18.9 Å². The zero-order valence-corrected chi connectivity index (χ0v) is 16.0. The van der Waals surface area contributed by atoms with Crippen LogP contribution in [0.15, 0.2) is 23.0 Å². The number of H-pyrrole nitrogens is 2. The van der Waals surface area contributed by atoms with E-state index in [0.717, 1.165) is 35.9 Å². The second-order valence-electron chi connectivity index (χ2n) is 6.82. The minimum atomic E-state index is -0.196. The smallest absolute Gasteiger partial charge is 0.323 e. The van der Waals surface area contributed by atoms with Gasteiger partial charge in [-0.25, -0.2) is 4.79 Å². The number of carbonyl (C=O) groups excluding carboxylic acids is 1. The number of nitrogens with zero attached hydrogens (tertiary/aromatic N) is 1. The molecule has 1 amide bonds. The van der Waals surface area contributed by atoms with Crippen molar-refractivity contribution in [2.24, 2.45) is 11.7 Å². The quantitative estimate of drug-likeness (QED) is 0.667. The van der Waals surface area contributed by atoms with Crippen molar-refractivity contribution >= 4 is 29.3 Å². The van der Waals surface area contributed by atoms with Crippen LogP contribution in [0.3, 0.4) is 0 Å². The highest BCUT2D eigenvalue weighted by Crippen LogP contribution is 2.13. The minimum Gasteiger partial charge on any atom is -0.346 e. The number of imidazole rings is 1. The molecule has 0 aliphatic carbocycles. The highest BCUT2D eigenvalue weighted by molar-refractivity contribution is 5.85. The molecule has 2 rings (SSSR count). The Balaban J connectivity index is 0.00000312. The molecule has 25 heavy (non-hydrogen) atoms. The lowest BCUT2D eigenvalue weighted by atomic mass is 10.0. The van der Waals surface area contributed by atoms with Crippen molar-refractivity contribution in [1.29, 1.82) is 0 Å². The molecule has 0 aliphatic heterocycles. The Kier molecular flexibility index (Phi) is 8.19. The Labute approximate surface area is 154 Å². The third-order valence-electron chi connectivity index (χ3n) is 4.52. The summed E-state index contributed by atoms with van der Waals surface area (Å²) >= 11 is 0. The fourth-order valence-corrected chi connectivity index (χ4v) is 2.67. The second-order valence-corrected chi connectivity index (χ2v) is 6.82. The van der Waals surface area contributed by atoms with Gasteiger partial charge in [-0.1, -0.05) is 19.9 Å². The number of aryl methyl sites for hydroxylation is 1. The van der Waals surface area contributed by atoms with Crippen molar-refractivity contribution in [3.8, 4) is 0 Å². The molecule has 0 saturated carbocycles. The van der Waals surface area contributed by atoms with Crippen LogP contribution in [0.4, 0.5) is 0 Å². The topological polar surface area (TPSA) is 95.0 Å². The van der Waals surface area contributed by atoms with Gasteiger partial charge in [-0.05, 0) is 42.9 Å². The summed E-state index contributed by atoms with van der Waals surface area (Å²) in [5.74, 6) is 0.588. The minimum absolute atomic E-state index is 0. The average Bonchev–Trinajstić information content (AvgIpc) is 2.91. The summed E-state index contributed by atoms with van der Waals surface area (Å²) < 4.78 is 0. The van der Waals surface area contributed by atoms with Crippen LogP contribution in [0.25, 0.3) is 11.0 Å². The standard InChI is InChI=1S/C18H28N4O2.ClH/c1-12(2)14(19)9-10-22(3)17(23)6-4-5-13-7-8-15-16(11-13)21-18(24)20-15;/h7-8,11-12,14H,4-6,9-10,19H2,1-3H3,(H2,20,21,24);1H. The van der Waals surface area contributed by atoms with Gasteiger partial charge in [0.15, 0.2) is 0 Å². The summed E-state index contributed by atoms with van der Waals surface area (Å²) in [7, 11) is 1.84. The van der Waals surface area contributed by atoms with E-state index < -0.39 is 0 Å². The summed E-state index contributed by atoms with van der Waals surface area (Å²) in [4.78, 5) is 30.7. The predicted octanol–water partition coefficient (Wildman–Crippen LogP) is 2.43. The molecule has 1 aromatic heterocycles. The lowest BCUT2D eigenvalue weighted by Gasteiger charge is -2.21. The van der Waals surface area contributed by atoms with Gasteiger partial charge in [0, 0.05) is 26.1 Å². The van der Waals surface area contributed by atoms with E-state index in [-0.39, 0.29) is 30.0 Å². The van der Waals surface area contributed by atoms with Gasteiger partial charge < -0.3 is 20.6 Å². The van der Waals surface area contributed by atoms with Crippen molar-refractivity contribution < 1.29 is 4.79 Å². The lowest BCUT2D eigenvalue weighted by Crippen LogP contribution is -2.34. The molecule has 7 heteroatoms. The number of carbonyl (C=O) groups is 1. The van der Waals surface area contributed by atoms with Crippen LogP contribution in [-0.4, -0.2) is 40.4 Å². The molecule has 1 unspecified atom stereocenters. The Morgan fingerprint density at radius 1 is 1.24 bits per heavy atom. The van der Waals surface area contributed by atoms with E-state index in [1.807, 2.05) is 25.2 Å². The van der Waals surface area contributed by atoms with Crippen molar-refractivity contribution in [3.05, 3.63) is 34.2 Å². The maximum absolute atomic E-state index is 12.2. The highest BCUT2D eigenvalue weighted by Gasteiger charge is 2.12. The van der Waals surface area contributed by atoms with E-state index in [4.69, 9.17) is 5.73 Å². The van der Waals surface area contributed by atoms with Crippen molar-refractivity contribution in [3.63, 3.8) is 0 Å². The average molecular weight is 369 g/mol. The van der Waals surface area contributed by atoms with Crippen molar-refractivity contribution in [2.45, 2.75) is 45.6 Å². The fourth-order valence-electron chi connectivity index (χ4n) is 2.67. The molecule has 0 bridgehead atoms. The van der Waals surface area contributed by atoms with E-state index >= 15 is 0 Å². The van der Waals surface area contributed by atoms with Crippen LogP contribution in [0.2, 0.25) is 0 Å². The summed E-state index contributed by atoms with van der Waals surface area (Å²) in [5.41, 5.74) is 8.56. The largest absolute Gasteiger partial charge is 0.346 e. The lowest BCUT2D eigenvalue weighted by molar-refractivity contribution is -0.130. The SMILES string of the molecule is CC(C)C(N)CCN(C)C(=O)CCCc1ccc2[nH]c(=O)[nH]c2c1.Cl. The van der Waals surface area contributed by atoms with E-state index in [9.17, 15) is 9.59 Å². The first-order valence-electron chi connectivity index (χ1n) is 8.57. The molecule has 6 nitrogen and oxygen atoms in total. The predicted molar refractivity (Wildman–Crippen MR) is 104 cm³/mol. The molecule has 1 aromatic carbocycles. The van der Waals surface area contributed by atoms with Gasteiger partial charge in [-0.3, -0.25) is 4.79 Å². The van der Waals surface area contributed by atoms with Gasteiger partial charge in [0.25, 0.3) is 0 Å². The molecule has 0 radical (unpaired) electrons. The molecule has 0 saturated heterocycles. The number of nitrogens with two attached hydrogens (primary N) is 1. The van der Waals surface area contributed by atoms with Crippen LogP contribution in [-0.2, 0) is 11.2 Å². The molecule has 0 spiro atoms. The van der Waals surface area contributed by atoms with E-state index in [2.05, 4.69) is 23.8 Å². The van der Waals surface area contributed by atoms with Crippen LogP contribution >= 0.6 is 12.4 Å². The number of fused-ring (bicyclic) bond motifs is 1. The van der Waals surface area contributed by atoms with Crippen LogP contribution in [0.5, 0.6) is 0 Å². The highest BCUT2D eigenvalue weighted by atomic mass is 35.5. The van der Waals surface area contributed by atoms with Crippen molar-refractivity contribution in [1.82, 2.24) is 14.9 Å². The van der Waals surface area contributed by atoms with Crippen LogP contribution < -0.4 is 11.4 Å². The molecular weight excluding hydrogens is 340 g/mol. The Hall–Kier alpha value is -1.79. The first kappa shape index (κ1) is 21.3. The number of benzene rings is 1. The molecular formula is C18H29ClN4O2. The zero-order valence-electron chi connectivity index (χ0n) is 15.2. The van der Waals surface area contributed by atoms with Gasteiger partial charge in [-0.15, -0.1) is 12.4 Å². The Bertz CT molecular complexity index is 738. The zero-order chi connectivity index (χ0) is 17.7. The Morgan fingerprint density at radius 2 is 1.92 bits per heavy atom. The number of aromatic nitrogens is 2. The third-order valence-corrected chi connectivity index (χ3v) is 4.52. The van der Waals surface area contributed by atoms with Gasteiger partial charge >= 0.3 is 5.69 Å². The number of aromatic amines is 2. The number of nitrogens with one attached hydrogen (secondary N) is 2. The number of hydrogen-bond donors (Lipinski definition) is 3. The first-order chi connectivity index (χ1) is 11.4. The third kappa shape index (κ3) is 6.21. The molecule has 1 atom stereocenters. The molecule has 140 valence electrons. The number of amides is 1. The van der Waals surface area contributed by atoms with Gasteiger partial charge in [-0.2, -0.15) is 0 Å². The second kappa shape index (κ2) is 9.63. The summed E-state index contributed by atoms with van der Waals surface area (Å²) in [6.45, 7) is 4.90. The summed E-state index contributed by atoms with van der Waals surface area (Å²) in [5, 5.41) is 0. The molecule has 0 aliphatic rings. The van der Waals surface area contributed by atoms with Gasteiger partial charge in [0.05, 0.1) is 11.0 Å². The molecule has 1 heterocycles. The normalized spacial score (nSPS) is 12.2. The summed E-state index contributed by atoms with van der Waals surface area (Å²) in [6, 6.07) is 5.98. The maximum Gasteiger partial charge on any atom is 0.323 e. The van der Waals surface area contributed by atoms with Gasteiger partial charge in [0.2, 0.25) is 5.91 Å². The summed E-state index contributed by atoms with van der Waals surface area (Å²) in [6.07, 6.45) is 2.96. The van der Waals surface area contributed by atoms with E-state index in [1.54, 1.807) is 4.90 Å². The monoisotopic (exact) mass is 368 g/mol. The van der Waals surface area contributed by atoms with Gasteiger partial charge in [0.1, 0.15) is 0 Å². The molecule has 0 fully saturated rings. The number of halogens is 1.